The molecular weight excluding hydrogens is 900 g/mol. The second-order valence-electron chi connectivity index (χ2n) is 8.76. The predicted molar refractivity (Wildman–Crippen MR) is 184 cm³/mol. The summed E-state index contributed by atoms with van der Waals surface area (Å²) in [4.78, 5) is 65.7. The molecule has 0 unspecified atom stereocenters. The summed E-state index contributed by atoms with van der Waals surface area (Å²) in [5, 5.41) is 0. The zero-order chi connectivity index (χ0) is 36.1. The molecular formula is C30H26Br4N2O12. The number of benzene rings is 2. The average Bonchev–Trinajstić information content (AvgIpc) is 3.65. The molecule has 3 aliphatic heterocycles. The van der Waals surface area contributed by atoms with Crippen LogP contribution in [0.5, 0.6) is 23.0 Å². The van der Waals surface area contributed by atoms with Gasteiger partial charge in [-0.15, -0.1) is 0 Å². The van der Waals surface area contributed by atoms with Crippen LogP contribution in [-0.4, -0.2) is 69.0 Å². The highest BCUT2D eigenvalue weighted by atomic mass is 79.9. The Bertz CT molecular complexity index is 1640. The minimum Gasteiger partial charge on any atom is -0.497 e. The van der Waals surface area contributed by atoms with E-state index in [0.717, 1.165) is 39.7 Å². The summed E-state index contributed by atoms with van der Waals surface area (Å²) in [7, 11) is 6.32. The van der Waals surface area contributed by atoms with Gasteiger partial charge in [-0.1, -0.05) is 6.07 Å². The lowest BCUT2D eigenvalue weighted by Crippen LogP contribution is -2.30. The fourth-order valence-electron chi connectivity index (χ4n) is 3.49. The number of carbonyl (C=O) groups is 6. The molecule has 2 N–H and O–H groups in total. The number of rotatable bonds is 7. The van der Waals surface area contributed by atoms with Gasteiger partial charge in [-0.2, -0.15) is 0 Å². The summed E-state index contributed by atoms with van der Waals surface area (Å²) in [5.41, 5.74) is 7.20. The summed E-state index contributed by atoms with van der Waals surface area (Å²) in [6.07, 6.45) is 2.17. The van der Waals surface area contributed by atoms with Crippen LogP contribution in [0.4, 0.5) is 0 Å². The second-order valence-corrected chi connectivity index (χ2v) is 11.9. The Morgan fingerprint density at radius 2 is 1.02 bits per heavy atom. The fourth-order valence-corrected chi connectivity index (χ4v) is 4.74. The van der Waals surface area contributed by atoms with E-state index in [9.17, 15) is 28.8 Å². The third-order valence-corrected chi connectivity index (χ3v) is 9.86. The molecule has 18 heteroatoms. The number of hydrogen-bond acceptors (Lipinski definition) is 13. The molecule has 0 saturated carbocycles. The molecule has 2 aromatic rings. The molecule has 5 rings (SSSR count). The number of halogens is 4. The molecule has 3 heterocycles. The minimum absolute atomic E-state index is 0.134. The average molecular weight is 926 g/mol. The summed E-state index contributed by atoms with van der Waals surface area (Å²) in [6.45, 7) is 0.613. The first kappa shape index (κ1) is 40.3. The zero-order valence-electron chi connectivity index (χ0n) is 25.5. The number of hydrogen-bond donors (Lipinski definition) is 1. The molecule has 48 heavy (non-hydrogen) atoms. The third-order valence-electron chi connectivity index (χ3n) is 5.89. The molecule has 0 atom stereocenters. The van der Waals surface area contributed by atoms with Gasteiger partial charge in [-0.05, 0) is 81.9 Å². The maximum Gasteiger partial charge on any atom is 0.354 e. The third kappa shape index (κ3) is 10.8. The first-order chi connectivity index (χ1) is 22.7. The van der Waals surface area contributed by atoms with Crippen LogP contribution in [0.1, 0.15) is 11.1 Å². The zero-order valence-corrected chi connectivity index (χ0v) is 31.8. The Balaban J connectivity index is 0.000000243. The Hall–Kier alpha value is -3.84. The highest BCUT2D eigenvalue weighted by molar-refractivity contribution is 9.15. The highest BCUT2D eigenvalue weighted by Gasteiger charge is 2.36. The van der Waals surface area contributed by atoms with E-state index in [1.165, 1.54) is 7.11 Å². The summed E-state index contributed by atoms with van der Waals surface area (Å²) >= 11 is 11.9. The number of cyclic esters (lactones) is 4. The fraction of sp³-hybridized carbons (Fsp3) is 0.200. The minimum atomic E-state index is -0.646. The monoisotopic (exact) mass is 922 g/mol. The van der Waals surface area contributed by atoms with Crippen LogP contribution in [0, 0.1) is 0 Å². The van der Waals surface area contributed by atoms with E-state index in [1.54, 1.807) is 39.5 Å². The summed E-state index contributed by atoms with van der Waals surface area (Å²) in [6, 6.07) is 10.8. The van der Waals surface area contributed by atoms with Crippen molar-refractivity contribution in [2.24, 2.45) is 5.73 Å². The molecule has 14 nitrogen and oxygen atoms in total. The van der Waals surface area contributed by atoms with Crippen molar-refractivity contribution in [1.29, 1.82) is 0 Å². The predicted octanol–water partition coefficient (Wildman–Crippen LogP) is 4.43. The van der Waals surface area contributed by atoms with Crippen LogP contribution in [0.2, 0.25) is 0 Å². The van der Waals surface area contributed by atoms with Gasteiger partial charge in [0.2, 0.25) is 0 Å². The van der Waals surface area contributed by atoms with E-state index in [0.29, 0.717) is 18.0 Å². The van der Waals surface area contributed by atoms with Gasteiger partial charge in [0.05, 0.1) is 35.0 Å². The topological polar surface area (TPSA) is 187 Å². The number of nitrogens with zero attached hydrogens (tertiary/aromatic N) is 1. The van der Waals surface area contributed by atoms with E-state index < -0.39 is 23.9 Å². The lowest BCUT2D eigenvalue weighted by Gasteiger charge is -2.17. The van der Waals surface area contributed by atoms with E-state index in [1.807, 2.05) is 18.2 Å². The Labute approximate surface area is 307 Å². The molecule has 3 aliphatic rings. The largest absolute Gasteiger partial charge is 0.497 e. The Morgan fingerprint density at radius 1 is 0.604 bits per heavy atom. The first-order valence-electron chi connectivity index (χ1n) is 13.0. The van der Waals surface area contributed by atoms with Crippen LogP contribution >= 0.6 is 63.7 Å². The lowest BCUT2D eigenvalue weighted by atomic mass is 10.1. The number of esters is 4. The second kappa shape index (κ2) is 19.2. The van der Waals surface area contributed by atoms with Gasteiger partial charge >= 0.3 is 23.9 Å². The van der Waals surface area contributed by atoms with Gasteiger partial charge in [-0.3, -0.25) is 14.5 Å². The Kier molecular flexibility index (Phi) is 16.2. The number of nitrogens with two attached hydrogens (primary N) is 1. The highest BCUT2D eigenvalue weighted by Crippen LogP contribution is 2.33. The molecule has 0 saturated heterocycles. The lowest BCUT2D eigenvalue weighted by molar-refractivity contribution is -0.152. The van der Waals surface area contributed by atoms with E-state index in [4.69, 9.17) is 24.7 Å². The molecule has 0 fully saturated rings. The van der Waals surface area contributed by atoms with Crippen molar-refractivity contribution in [3.8, 4) is 23.0 Å². The normalized spacial score (nSPS) is 14.8. The molecule has 0 aromatic heterocycles. The molecule has 0 bridgehead atoms. The van der Waals surface area contributed by atoms with E-state index in [2.05, 4.69) is 73.2 Å². The van der Waals surface area contributed by atoms with Gasteiger partial charge < -0.3 is 34.2 Å². The number of imide groups is 1. The molecule has 256 valence electrons. The van der Waals surface area contributed by atoms with Crippen LogP contribution in [0.3, 0.4) is 0 Å². The number of ether oxygens (including phenoxy) is 6. The maximum atomic E-state index is 12.0. The molecule has 2 amide bonds. The van der Waals surface area contributed by atoms with Crippen LogP contribution in [0.15, 0.2) is 66.5 Å². The number of methoxy groups -OCH3 is 4. The van der Waals surface area contributed by atoms with Crippen molar-refractivity contribution in [2.75, 3.05) is 28.4 Å². The van der Waals surface area contributed by atoms with Crippen LogP contribution in [-0.2, 0) is 51.3 Å². The standard InChI is InChI=1S/C13H11Br2NO4.C9H13NO2.C4Br2O3.C4H2O3/c1-19-8-4-3-7(9(5-8)20-2)6-16-12(17)10(14)11(15)13(16)18;1-11-8-4-3-7(6-10)9(5-8)12-2;5-1-2(6)4(8)9-3(1)7;5-3-1-2-4(6)7-3/h3-5H,6H2,1-2H3;3-5H,6,10H2,1-2H3;;1-2H. The molecule has 2 aromatic carbocycles. The van der Waals surface area contributed by atoms with Gasteiger partial charge in [0.1, 0.15) is 40.9 Å². The smallest absolute Gasteiger partial charge is 0.354 e. The molecule has 0 spiro atoms. The Morgan fingerprint density at radius 3 is 1.33 bits per heavy atom. The first-order valence-corrected chi connectivity index (χ1v) is 16.2. The van der Waals surface area contributed by atoms with Crippen molar-refractivity contribution < 1.29 is 57.2 Å². The van der Waals surface area contributed by atoms with Gasteiger partial charge in [0.15, 0.2) is 0 Å². The molecule has 0 radical (unpaired) electrons. The SMILES string of the molecule is COc1ccc(CN)c(OC)c1.COc1ccc(CN2C(=O)C(Br)=C(Br)C2=O)c(OC)c1.O=C1C=CC(=O)O1.O=C1OC(=O)C(Br)=C1Br. The number of carbonyl (C=O) groups excluding carboxylic acids is 6. The van der Waals surface area contributed by atoms with Gasteiger partial charge in [0.25, 0.3) is 11.8 Å². The van der Waals surface area contributed by atoms with E-state index in [-0.39, 0.29) is 36.3 Å². The van der Waals surface area contributed by atoms with Gasteiger partial charge in [0, 0.05) is 42.0 Å². The van der Waals surface area contributed by atoms with Crippen molar-refractivity contribution in [1.82, 2.24) is 4.90 Å². The van der Waals surface area contributed by atoms with E-state index >= 15 is 0 Å². The molecule has 0 aliphatic carbocycles. The maximum absolute atomic E-state index is 12.0. The van der Waals surface area contributed by atoms with Crippen molar-refractivity contribution >= 4 is 99.4 Å². The van der Waals surface area contributed by atoms with Crippen molar-refractivity contribution in [3.05, 3.63) is 77.6 Å². The van der Waals surface area contributed by atoms with Crippen LogP contribution in [0.25, 0.3) is 0 Å². The number of amides is 2. The van der Waals surface area contributed by atoms with Crippen molar-refractivity contribution in [2.45, 2.75) is 13.1 Å². The van der Waals surface area contributed by atoms with Gasteiger partial charge in [-0.25, -0.2) is 19.2 Å². The summed E-state index contributed by atoms with van der Waals surface area (Å²) < 4.78 is 29.4. The van der Waals surface area contributed by atoms with Crippen molar-refractivity contribution in [3.63, 3.8) is 0 Å². The quantitative estimate of drug-likeness (QED) is 0.234. The van der Waals surface area contributed by atoms with Crippen LogP contribution < -0.4 is 24.7 Å². The summed E-state index contributed by atoms with van der Waals surface area (Å²) in [5.74, 6) is -0.441.